The lowest BCUT2D eigenvalue weighted by atomic mass is 10.2. The zero-order valence-electron chi connectivity index (χ0n) is 7.27. The highest BCUT2D eigenvalue weighted by atomic mass is 16.4. The first kappa shape index (κ1) is 8.43. The molecule has 0 saturated heterocycles. The molecule has 0 aliphatic carbocycles. The van der Waals surface area contributed by atoms with Crippen molar-refractivity contribution in [3.63, 3.8) is 0 Å². The maximum Gasteiger partial charge on any atom is 0.337 e. The molecule has 0 radical (unpaired) electrons. The summed E-state index contributed by atoms with van der Waals surface area (Å²) in [6.45, 7) is 0. The van der Waals surface area contributed by atoms with Gasteiger partial charge in [-0.2, -0.15) is 5.12 Å². The van der Waals surface area contributed by atoms with Crippen LogP contribution < -0.4 is 16.0 Å². The number of nitrogens with one attached hydrogen (secondary N) is 2. The van der Waals surface area contributed by atoms with Crippen LogP contribution in [0.5, 0.6) is 0 Å². The van der Waals surface area contributed by atoms with Crippen LogP contribution in [0.4, 0.5) is 5.69 Å². The summed E-state index contributed by atoms with van der Waals surface area (Å²) in [5.41, 5.74) is 6.51. The van der Waals surface area contributed by atoms with Crippen molar-refractivity contribution in [2.75, 3.05) is 5.12 Å². The summed E-state index contributed by atoms with van der Waals surface area (Å²) in [4.78, 5) is 10.9. The minimum atomic E-state index is -0.948. The van der Waals surface area contributed by atoms with Gasteiger partial charge in [0.15, 0.2) is 0 Å². The first-order valence-corrected chi connectivity index (χ1v) is 4.09. The number of hydrazine groups is 2. The van der Waals surface area contributed by atoms with Crippen molar-refractivity contribution in [1.29, 1.82) is 0 Å². The molecule has 1 aliphatic heterocycles. The van der Waals surface area contributed by atoms with Crippen molar-refractivity contribution in [2.45, 2.75) is 0 Å². The highest BCUT2D eigenvalue weighted by Crippen LogP contribution is 2.18. The van der Waals surface area contributed by atoms with Gasteiger partial charge in [-0.15, -0.1) is 0 Å². The SMILES string of the molecule is O=C(O)c1ccccc1N1NC=CN1. The summed E-state index contributed by atoms with van der Waals surface area (Å²) in [6, 6.07) is 6.75. The Morgan fingerprint density at radius 1 is 1.21 bits per heavy atom. The Hall–Kier alpha value is -2.17. The van der Waals surface area contributed by atoms with Crippen molar-refractivity contribution in [1.82, 2.24) is 10.9 Å². The minimum absolute atomic E-state index is 0.246. The van der Waals surface area contributed by atoms with E-state index in [0.29, 0.717) is 5.69 Å². The predicted octanol–water partition coefficient (Wildman–Crippen LogP) is 0.685. The van der Waals surface area contributed by atoms with Gasteiger partial charge in [-0.25, -0.2) is 4.79 Å². The number of rotatable bonds is 2. The zero-order valence-corrected chi connectivity index (χ0v) is 7.27. The third kappa shape index (κ3) is 1.35. The molecular weight excluding hydrogens is 182 g/mol. The third-order valence-electron chi connectivity index (χ3n) is 1.87. The molecule has 0 bridgehead atoms. The van der Waals surface area contributed by atoms with E-state index in [9.17, 15) is 4.79 Å². The average molecular weight is 191 g/mol. The first-order chi connectivity index (χ1) is 6.79. The summed E-state index contributed by atoms with van der Waals surface area (Å²) < 4.78 is 0. The van der Waals surface area contributed by atoms with E-state index in [1.54, 1.807) is 36.7 Å². The molecule has 0 aromatic heterocycles. The molecule has 0 spiro atoms. The number of carboxylic acid groups (broad SMARTS) is 1. The van der Waals surface area contributed by atoms with Gasteiger partial charge in [-0.05, 0) is 12.1 Å². The number of carbonyl (C=O) groups is 1. The molecule has 72 valence electrons. The van der Waals surface area contributed by atoms with Crippen LogP contribution in [0.15, 0.2) is 36.7 Å². The lowest BCUT2D eigenvalue weighted by Gasteiger charge is -2.20. The van der Waals surface area contributed by atoms with Crippen LogP contribution in [0.2, 0.25) is 0 Å². The van der Waals surface area contributed by atoms with Gasteiger partial charge in [0.2, 0.25) is 0 Å². The number of anilines is 1. The van der Waals surface area contributed by atoms with Crippen LogP contribution in [0.25, 0.3) is 0 Å². The Labute approximate surface area is 80.6 Å². The van der Waals surface area contributed by atoms with E-state index >= 15 is 0 Å². The van der Waals surface area contributed by atoms with E-state index in [2.05, 4.69) is 10.9 Å². The van der Waals surface area contributed by atoms with Crippen molar-refractivity contribution < 1.29 is 9.90 Å². The molecule has 3 N–H and O–H groups in total. The smallest absolute Gasteiger partial charge is 0.337 e. The zero-order chi connectivity index (χ0) is 9.97. The molecule has 2 rings (SSSR count). The molecule has 0 amide bonds. The maximum absolute atomic E-state index is 10.9. The summed E-state index contributed by atoms with van der Waals surface area (Å²) in [6.07, 6.45) is 3.36. The monoisotopic (exact) mass is 191 g/mol. The van der Waals surface area contributed by atoms with Crippen molar-refractivity contribution in [3.8, 4) is 0 Å². The van der Waals surface area contributed by atoms with Crippen molar-refractivity contribution in [3.05, 3.63) is 42.2 Å². The lowest BCUT2D eigenvalue weighted by molar-refractivity contribution is 0.0697. The Morgan fingerprint density at radius 3 is 2.50 bits per heavy atom. The highest BCUT2D eigenvalue weighted by Gasteiger charge is 2.15. The van der Waals surface area contributed by atoms with Crippen LogP contribution in [0.3, 0.4) is 0 Å². The number of carboxylic acids is 1. The topological polar surface area (TPSA) is 64.6 Å². The predicted molar refractivity (Wildman–Crippen MR) is 51.3 cm³/mol. The number of hydrogen-bond acceptors (Lipinski definition) is 4. The third-order valence-corrected chi connectivity index (χ3v) is 1.87. The molecule has 0 saturated carbocycles. The van der Waals surface area contributed by atoms with Crippen molar-refractivity contribution in [2.24, 2.45) is 0 Å². The molecule has 1 aliphatic rings. The molecular formula is C9H9N3O2. The normalized spacial score (nSPS) is 13.6. The van der Waals surface area contributed by atoms with Gasteiger partial charge in [0.05, 0.1) is 11.3 Å². The first-order valence-electron chi connectivity index (χ1n) is 4.09. The van der Waals surface area contributed by atoms with E-state index < -0.39 is 5.97 Å². The number of benzene rings is 1. The molecule has 1 heterocycles. The lowest BCUT2D eigenvalue weighted by Crippen LogP contribution is -2.38. The molecule has 0 unspecified atom stereocenters. The van der Waals surface area contributed by atoms with E-state index in [1.807, 2.05) is 0 Å². The summed E-state index contributed by atoms with van der Waals surface area (Å²) in [5, 5.41) is 10.5. The van der Waals surface area contributed by atoms with Crippen LogP contribution >= 0.6 is 0 Å². The van der Waals surface area contributed by atoms with Crippen molar-refractivity contribution >= 4 is 11.7 Å². The Balaban J connectivity index is 2.36. The second-order valence-corrected chi connectivity index (χ2v) is 2.75. The van der Waals surface area contributed by atoms with Gasteiger partial charge in [0, 0.05) is 12.4 Å². The maximum atomic E-state index is 10.9. The van der Waals surface area contributed by atoms with Gasteiger partial charge in [-0.3, -0.25) is 10.9 Å². The van der Waals surface area contributed by atoms with E-state index in [1.165, 1.54) is 5.12 Å². The minimum Gasteiger partial charge on any atom is -0.478 e. The number of aromatic carboxylic acids is 1. The number of nitrogens with zero attached hydrogens (tertiary/aromatic N) is 1. The fourth-order valence-corrected chi connectivity index (χ4v) is 1.25. The highest BCUT2D eigenvalue weighted by molar-refractivity contribution is 5.94. The largest absolute Gasteiger partial charge is 0.478 e. The second-order valence-electron chi connectivity index (χ2n) is 2.75. The second kappa shape index (κ2) is 3.29. The molecule has 5 heteroatoms. The van der Waals surface area contributed by atoms with Crippen LogP contribution in [0, 0.1) is 0 Å². The molecule has 0 atom stereocenters. The summed E-state index contributed by atoms with van der Waals surface area (Å²) in [5.74, 6) is -0.948. The van der Waals surface area contributed by atoms with E-state index in [0.717, 1.165) is 0 Å². The molecule has 14 heavy (non-hydrogen) atoms. The van der Waals surface area contributed by atoms with Gasteiger partial charge in [0.1, 0.15) is 0 Å². The van der Waals surface area contributed by atoms with Gasteiger partial charge in [-0.1, -0.05) is 12.1 Å². The fraction of sp³-hybridized carbons (Fsp3) is 0. The molecule has 1 aromatic rings. The van der Waals surface area contributed by atoms with Gasteiger partial charge < -0.3 is 5.11 Å². The summed E-state index contributed by atoms with van der Waals surface area (Å²) >= 11 is 0. The Morgan fingerprint density at radius 2 is 1.86 bits per heavy atom. The van der Waals surface area contributed by atoms with Gasteiger partial charge >= 0.3 is 5.97 Å². The van der Waals surface area contributed by atoms with E-state index in [-0.39, 0.29) is 5.56 Å². The van der Waals surface area contributed by atoms with E-state index in [4.69, 9.17) is 5.11 Å². The molecule has 0 fully saturated rings. The molecule has 1 aromatic carbocycles. The van der Waals surface area contributed by atoms with Crippen LogP contribution in [-0.2, 0) is 0 Å². The van der Waals surface area contributed by atoms with Crippen LogP contribution in [0.1, 0.15) is 10.4 Å². The number of hydrogen-bond donors (Lipinski definition) is 3. The standard InChI is InChI=1S/C9H9N3O2/c13-9(14)7-3-1-2-4-8(7)12-10-5-6-11-12/h1-6,10-11H,(H,13,14). The fourth-order valence-electron chi connectivity index (χ4n) is 1.25. The molecule has 5 nitrogen and oxygen atoms in total. The number of para-hydroxylation sites is 1. The average Bonchev–Trinajstić information content (AvgIpc) is 2.70. The quantitative estimate of drug-likeness (QED) is 0.641. The van der Waals surface area contributed by atoms with Crippen LogP contribution in [-0.4, -0.2) is 11.1 Å². The summed E-state index contributed by atoms with van der Waals surface area (Å²) in [7, 11) is 0. The Bertz CT molecular complexity index is 381. The Kier molecular flexibility index (Phi) is 1.98. The van der Waals surface area contributed by atoms with Gasteiger partial charge in [0.25, 0.3) is 0 Å².